The molecule has 3 heterocycles. The van der Waals surface area contributed by atoms with Gasteiger partial charge < -0.3 is 10.2 Å². The van der Waals surface area contributed by atoms with E-state index in [0.717, 1.165) is 49.6 Å². The van der Waals surface area contributed by atoms with Crippen molar-refractivity contribution in [3.8, 4) is 0 Å². The van der Waals surface area contributed by atoms with E-state index in [-0.39, 0.29) is 11.8 Å². The summed E-state index contributed by atoms with van der Waals surface area (Å²) in [5, 5.41) is 8.04. The monoisotopic (exact) mass is 298 g/mol. The zero-order valence-corrected chi connectivity index (χ0v) is 12.9. The summed E-state index contributed by atoms with van der Waals surface area (Å²) in [5.74, 6) is 1.65. The van der Waals surface area contributed by atoms with Gasteiger partial charge >= 0.3 is 0 Å². The van der Waals surface area contributed by atoms with E-state index in [1.807, 2.05) is 11.7 Å². The van der Waals surface area contributed by atoms with Gasteiger partial charge in [-0.2, -0.15) is 5.10 Å². The lowest BCUT2D eigenvalue weighted by molar-refractivity contribution is 0.594. The second-order valence-corrected chi connectivity index (χ2v) is 7.92. The largest absolute Gasteiger partial charge is 0.379 e. The van der Waals surface area contributed by atoms with Gasteiger partial charge in [0.15, 0.2) is 15.7 Å². The molecule has 0 saturated carbocycles. The molecule has 0 spiro atoms. The summed E-state index contributed by atoms with van der Waals surface area (Å²) in [6.07, 6.45) is 2.74. The van der Waals surface area contributed by atoms with E-state index in [1.54, 1.807) is 0 Å². The average Bonchev–Trinajstić information content (AvgIpc) is 2.91. The molecule has 112 valence electrons. The number of rotatable bonds is 3. The fourth-order valence-corrected chi connectivity index (χ4v) is 5.01. The van der Waals surface area contributed by atoms with Crippen LogP contribution in [0.3, 0.4) is 0 Å². The van der Waals surface area contributed by atoms with Crippen LogP contribution in [-0.4, -0.2) is 48.8 Å². The van der Waals surface area contributed by atoms with Crippen LogP contribution in [-0.2, 0) is 23.3 Å². The number of aromatic nitrogens is 2. The molecule has 0 aliphatic carbocycles. The van der Waals surface area contributed by atoms with Crippen LogP contribution in [0.5, 0.6) is 0 Å². The first-order valence-corrected chi connectivity index (χ1v) is 9.11. The van der Waals surface area contributed by atoms with Gasteiger partial charge in [0.25, 0.3) is 0 Å². The molecule has 1 atom stereocenters. The molecule has 20 heavy (non-hydrogen) atoms. The Morgan fingerprint density at radius 3 is 2.90 bits per heavy atom. The highest BCUT2D eigenvalue weighted by molar-refractivity contribution is 7.91. The van der Waals surface area contributed by atoms with Crippen LogP contribution in [0.25, 0.3) is 0 Å². The number of nitrogens with one attached hydrogen (secondary N) is 1. The number of anilines is 2. The molecule has 1 aromatic heterocycles. The first-order chi connectivity index (χ1) is 9.52. The van der Waals surface area contributed by atoms with E-state index in [0.29, 0.717) is 5.75 Å². The molecule has 1 fully saturated rings. The zero-order chi connectivity index (χ0) is 14.3. The lowest BCUT2D eigenvalue weighted by Crippen LogP contribution is -2.43. The van der Waals surface area contributed by atoms with Crippen molar-refractivity contribution in [3.05, 3.63) is 5.69 Å². The quantitative estimate of drug-likeness (QED) is 0.894. The maximum atomic E-state index is 11.7. The lowest BCUT2D eigenvalue weighted by atomic mass is 10.1. The predicted octanol–water partition coefficient (Wildman–Crippen LogP) is 0.792. The van der Waals surface area contributed by atoms with Crippen molar-refractivity contribution in [2.24, 2.45) is 7.05 Å². The van der Waals surface area contributed by atoms with Crippen LogP contribution >= 0.6 is 0 Å². The molecule has 1 N–H and O–H groups in total. The Balaban J connectivity index is 1.94. The molecule has 1 aromatic rings. The van der Waals surface area contributed by atoms with Gasteiger partial charge in [-0.05, 0) is 12.8 Å². The Labute approximate surface area is 120 Å². The number of hydrogen-bond donors (Lipinski definition) is 1. The Hall–Kier alpha value is -1.24. The number of fused-ring (bicyclic) bond motifs is 1. The lowest BCUT2D eigenvalue weighted by Gasteiger charge is -2.34. The minimum absolute atomic E-state index is 0.103. The summed E-state index contributed by atoms with van der Waals surface area (Å²) in [6.45, 7) is 3.84. The molecular formula is C13H22N4O2S. The standard InChI is InChI=1S/C13H22N4O2S/c1-3-4-11-12-13(16(2)15-11)17(7-6-14-12)10-5-8-20(18,19)9-10/h10,14H,3-9H2,1-2H3. The Morgan fingerprint density at radius 1 is 1.45 bits per heavy atom. The maximum absolute atomic E-state index is 11.7. The van der Waals surface area contributed by atoms with E-state index in [1.165, 1.54) is 0 Å². The smallest absolute Gasteiger partial charge is 0.152 e. The van der Waals surface area contributed by atoms with Gasteiger partial charge in [0.2, 0.25) is 0 Å². The van der Waals surface area contributed by atoms with Crippen molar-refractivity contribution >= 4 is 21.3 Å². The summed E-state index contributed by atoms with van der Waals surface area (Å²) in [4.78, 5) is 2.24. The predicted molar refractivity (Wildman–Crippen MR) is 80.1 cm³/mol. The molecule has 0 bridgehead atoms. The van der Waals surface area contributed by atoms with Crippen LogP contribution in [0.1, 0.15) is 25.5 Å². The minimum Gasteiger partial charge on any atom is -0.379 e. The van der Waals surface area contributed by atoms with Crippen LogP contribution in [0.2, 0.25) is 0 Å². The number of aryl methyl sites for hydroxylation is 2. The van der Waals surface area contributed by atoms with Gasteiger partial charge in [0.1, 0.15) is 5.69 Å². The molecule has 0 radical (unpaired) electrons. The molecular weight excluding hydrogens is 276 g/mol. The van der Waals surface area contributed by atoms with Crippen LogP contribution in [0, 0.1) is 0 Å². The van der Waals surface area contributed by atoms with E-state index in [4.69, 9.17) is 0 Å². The summed E-state index contributed by atoms with van der Waals surface area (Å²) in [7, 11) is -0.909. The third-order valence-corrected chi connectivity index (χ3v) is 5.90. The molecule has 1 unspecified atom stereocenters. The van der Waals surface area contributed by atoms with Crippen molar-refractivity contribution < 1.29 is 8.42 Å². The molecule has 2 aliphatic rings. The molecule has 7 heteroatoms. The Morgan fingerprint density at radius 2 is 2.25 bits per heavy atom. The summed E-state index contributed by atoms with van der Waals surface area (Å²) >= 11 is 0. The van der Waals surface area contributed by atoms with Crippen molar-refractivity contribution in [3.63, 3.8) is 0 Å². The van der Waals surface area contributed by atoms with Crippen LogP contribution in [0.4, 0.5) is 11.5 Å². The van der Waals surface area contributed by atoms with Crippen molar-refractivity contribution in [2.45, 2.75) is 32.2 Å². The molecule has 2 aliphatic heterocycles. The van der Waals surface area contributed by atoms with Gasteiger partial charge in [-0.25, -0.2) is 8.42 Å². The highest BCUT2D eigenvalue weighted by Crippen LogP contribution is 2.35. The summed E-state index contributed by atoms with van der Waals surface area (Å²) in [6, 6.07) is 0.103. The molecule has 1 saturated heterocycles. The average molecular weight is 298 g/mol. The van der Waals surface area contributed by atoms with E-state index >= 15 is 0 Å². The normalized spacial score (nSPS) is 24.5. The summed E-state index contributed by atoms with van der Waals surface area (Å²) in [5.41, 5.74) is 2.19. The Bertz CT molecular complexity index is 608. The van der Waals surface area contributed by atoms with Crippen LogP contribution < -0.4 is 10.2 Å². The fourth-order valence-electron chi connectivity index (χ4n) is 3.28. The van der Waals surface area contributed by atoms with Gasteiger partial charge in [-0.1, -0.05) is 13.3 Å². The molecule has 6 nitrogen and oxygen atoms in total. The first kappa shape index (κ1) is 13.7. The van der Waals surface area contributed by atoms with E-state index in [2.05, 4.69) is 22.2 Å². The van der Waals surface area contributed by atoms with Gasteiger partial charge in [0.05, 0.1) is 17.2 Å². The van der Waals surface area contributed by atoms with Gasteiger partial charge in [-0.3, -0.25) is 4.68 Å². The second kappa shape index (κ2) is 4.95. The maximum Gasteiger partial charge on any atom is 0.152 e. The molecule has 0 amide bonds. The van der Waals surface area contributed by atoms with Gasteiger partial charge in [-0.15, -0.1) is 0 Å². The zero-order valence-electron chi connectivity index (χ0n) is 12.1. The van der Waals surface area contributed by atoms with E-state index < -0.39 is 9.84 Å². The van der Waals surface area contributed by atoms with Crippen LogP contribution in [0.15, 0.2) is 0 Å². The number of sulfone groups is 1. The Kier molecular flexibility index (Phi) is 3.40. The second-order valence-electron chi connectivity index (χ2n) is 5.70. The number of nitrogens with zero attached hydrogens (tertiary/aromatic N) is 3. The SMILES string of the molecule is CCCc1nn(C)c2c1NCCN2C1CCS(=O)(=O)C1. The molecule has 0 aromatic carbocycles. The topological polar surface area (TPSA) is 67.2 Å². The van der Waals surface area contributed by atoms with Crippen molar-refractivity contribution in [1.29, 1.82) is 0 Å². The third kappa shape index (κ3) is 2.28. The van der Waals surface area contributed by atoms with Gasteiger partial charge in [0, 0.05) is 26.2 Å². The third-order valence-electron chi connectivity index (χ3n) is 4.15. The highest BCUT2D eigenvalue weighted by atomic mass is 32.2. The molecule has 3 rings (SSSR count). The minimum atomic E-state index is -2.86. The van der Waals surface area contributed by atoms with E-state index in [9.17, 15) is 8.42 Å². The highest BCUT2D eigenvalue weighted by Gasteiger charge is 2.36. The van der Waals surface area contributed by atoms with Crippen molar-refractivity contribution in [1.82, 2.24) is 9.78 Å². The fraction of sp³-hybridized carbons (Fsp3) is 0.769. The number of hydrogen-bond acceptors (Lipinski definition) is 5. The van der Waals surface area contributed by atoms with Crippen molar-refractivity contribution in [2.75, 3.05) is 34.8 Å². The summed E-state index contributed by atoms with van der Waals surface area (Å²) < 4.78 is 25.3. The first-order valence-electron chi connectivity index (χ1n) is 7.28.